The van der Waals surface area contributed by atoms with E-state index in [0.717, 1.165) is 57.8 Å². The molecule has 2 heterocycles. The van der Waals surface area contributed by atoms with Crippen LogP contribution in [-0.2, 0) is 41.3 Å². The molecule has 2 aromatic heterocycles. The molecule has 0 radical (unpaired) electrons. The average molecular weight is 858 g/mol. The minimum absolute atomic E-state index is 0.143. The van der Waals surface area contributed by atoms with E-state index < -0.39 is 31.5 Å². The molecule has 0 bridgehead atoms. The van der Waals surface area contributed by atoms with Crippen molar-refractivity contribution in [1.29, 1.82) is 0 Å². The molecule has 4 rings (SSSR count). The molecule has 1 aliphatic carbocycles. The molecule has 0 saturated heterocycles. The molecule has 1 aromatic carbocycles. The highest BCUT2D eigenvalue weighted by atomic mass is 31.2. The van der Waals surface area contributed by atoms with Crippen LogP contribution in [0.2, 0.25) is 0 Å². The summed E-state index contributed by atoms with van der Waals surface area (Å²) in [6.45, 7) is 11.2. The molecule has 15 nitrogen and oxygen atoms in total. The minimum Gasteiger partial charge on any atom is -0.465 e. The molecule has 0 spiro atoms. The largest absolute Gasteiger partial charge is 0.465 e. The van der Waals surface area contributed by atoms with Crippen molar-refractivity contribution in [3.8, 4) is 0 Å². The van der Waals surface area contributed by atoms with E-state index in [9.17, 15) is 14.2 Å². The van der Waals surface area contributed by atoms with Crippen molar-refractivity contribution >= 4 is 42.3 Å². The van der Waals surface area contributed by atoms with Gasteiger partial charge in [0.25, 0.3) is 0 Å². The summed E-state index contributed by atoms with van der Waals surface area (Å²) in [6.07, 6.45) is 18.1. The van der Waals surface area contributed by atoms with Crippen LogP contribution < -0.4 is 27.0 Å². The van der Waals surface area contributed by atoms with Gasteiger partial charge in [-0.3, -0.25) is 14.2 Å². The standard InChI is InChI=1S/C35H63N8O6P.C9H13N/c1-5-9-11-13-15-17-22-48-33(44)28(7-3)41-50(46,42-29(8-4)34(45)49-23-18-16-14-12-10-6-2)26-47-24-21-43-25-37-30-31(38-27-19-20-27)39-35(36)40-32(30)43;1-8(10)7-9-5-3-2-4-6-9/h25,27-29H,5-24,26H2,1-4H3,(H2,41,42,46)(H3,36,38,39,40);2-6,8H,7,10H2,1H3/t28-,29-;8-/m01/s1. The molecule has 0 aliphatic heterocycles. The number of ether oxygens (including phenoxy) is 3. The Morgan fingerprint density at radius 3 is 1.88 bits per heavy atom. The second-order valence-electron chi connectivity index (χ2n) is 16.0. The fraction of sp³-hybridized carbons (Fsp3) is 0.705. The number of hydrogen-bond donors (Lipinski definition) is 5. The van der Waals surface area contributed by atoms with E-state index in [1.54, 1.807) is 10.9 Å². The van der Waals surface area contributed by atoms with Crippen molar-refractivity contribution in [2.24, 2.45) is 5.73 Å². The molecule has 16 heteroatoms. The molecule has 3 atom stereocenters. The van der Waals surface area contributed by atoms with Gasteiger partial charge >= 0.3 is 11.9 Å². The highest BCUT2D eigenvalue weighted by molar-refractivity contribution is 7.59. The summed E-state index contributed by atoms with van der Waals surface area (Å²) in [5, 5.41) is 9.35. The summed E-state index contributed by atoms with van der Waals surface area (Å²) in [6, 6.07) is 9.25. The topological polar surface area (TPSA) is 211 Å². The lowest BCUT2D eigenvalue weighted by Crippen LogP contribution is -2.44. The summed E-state index contributed by atoms with van der Waals surface area (Å²) in [5.41, 5.74) is 14.1. The number of imidazole rings is 1. The van der Waals surface area contributed by atoms with E-state index in [1.165, 1.54) is 44.1 Å². The van der Waals surface area contributed by atoms with Gasteiger partial charge in [-0.2, -0.15) is 9.97 Å². The van der Waals surface area contributed by atoms with E-state index in [0.29, 0.717) is 55.6 Å². The van der Waals surface area contributed by atoms with E-state index >= 15 is 0 Å². The van der Waals surface area contributed by atoms with Crippen molar-refractivity contribution in [2.45, 2.75) is 174 Å². The van der Waals surface area contributed by atoms with Gasteiger partial charge in [0, 0.05) is 18.6 Å². The fourth-order valence-electron chi connectivity index (χ4n) is 6.54. The Bertz CT molecular complexity index is 1650. The highest BCUT2D eigenvalue weighted by Crippen LogP contribution is 2.39. The Kier molecular flexibility index (Phi) is 24.4. The zero-order chi connectivity index (χ0) is 43.6. The maximum Gasteiger partial charge on any atom is 0.323 e. The first-order chi connectivity index (χ1) is 29.0. The molecule has 338 valence electrons. The van der Waals surface area contributed by atoms with E-state index in [-0.39, 0.29) is 24.9 Å². The van der Waals surface area contributed by atoms with E-state index in [1.807, 2.05) is 39.0 Å². The fourth-order valence-corrected chi connectivity index (χ4v) is 8.73. The number of carbonyl (C=O) groups excluding carboxylic acids is 2. The second kappa shape index (κ2) is 28.8. The number of nitrogens with one attached hydrogen (secondary N) is 3. The number of esters is 2. The predicted molar refractivity (Wildman–Crippen MR) is 242 cm³/mol. The smallest absolute Gasteiger partial charge is 0.323 e. The van der Waals surface area contributed by atoms with Gasteiger partial charge in [0.1, 0.15) is 18.4 Å². The number of carbonyl (C=O) groups is 2. The monoisotopic (exact) mass is 858 g/mol. The third kappa shape index (κ3) is 19.8. The number of anilines is 2. The summed E-state index contributed by atoms with van der Waals surface area (Å²) in [5.74, 6) is -0.196. The normalized spacial score (nSPS) is 14.2. The molecular weight excluding hydrogens is 782 g/mol. The van der Waals surface area contributed by atoms with Gasteiger partial charge in [-0.05, 0) is 57.4 Å². The van der Waals surface area contributed by atoms with Crippen molar-refractivity contribution in [2.75, 3.05) is 37.2 Å². The first-order valence-electron chi connectivity index (χ1n) is 22.6. The minimum atomic E-state index is -3.67. The van der Waals surface area contributed by atoms with Crippen LogP contribution in [0.4, 0.5) is 11.8 Å². The quantitative estimate of drug-likeness (QED) is 0.0234. The highest BCUT2D eigenvalue weighted by Gasteiger charge is 2.34. The number of unbranched alkanes of at least 4 members (excludes halogenated alkanes) is 10. The van der Waals surface area contributed by atoms with Crippen LogP contribution in [0.3, 0.4) is 0 Å². The summed E-state index contributed by atoms with van der Waals surface area (Å²) in [7, 11) is -3.67. The number of aromatic nitrogens is 4. The van der Waals surface area contributed by atoms with Gasteiger partial charge in [0.15, 0.2) is 17.0 Å². The first kappa shape index (κ1) is 50.7. The van der Waals surface area contributed by atoms with Crippen molar-refractivity contribution in [3.05, 3.63) is 42.2 Å². The molecular formula is C44H76N9O6P. The van der Waals surface area contributed by atoms with Crippen LogP contribution >= 0.6 is 7.44 Å². The van der Waals surface area contributed by atoms with Gasteiger partial charge in [0.05, 0.1) is 26.1 Å². The lowest BCUT2D eigenvalue weighted by atomic mass is 10.1. The maximum atomic E-state index is 14.5. The molecule has 3 aromatic rings. The molecule has 7 N–H and O–H groups in total. The van der Waals surface area contributed by atoms with E-state index in [2.05, 4.69) is 56.4 Å². The van der Waals surface area contributed by atoms with Crippen LogP contribution in [0.1, 0.15) is 143 Å². The number of benzene rings is 1. The lowest BCUT2D eigenvalue weighted by molar-refractivity contribution is -0.146. The molecule has 0 unspecified atom stereocenters. The number of hydrogen-bond acceptors (Lipinski definition) is 12. The molecule has 1 fully saturated rings. The van der Waals surface area contributed by atoms with Gasteiger partial charge in [-0.25, -0.2) is 15.2 Å². The van der Waals surface area contributed by atoms with Crippen molar-refractivity contribution in [3.63, 3.8) is 0 Å². The van der Waals surface area contributed by atoms with Crippen LogP contribution in [0.5, 0.6) is 0 Å². The molecule has 1 aliphatic rings. The van der Waals surface area contributed by atoms with Gasteiger partial charge in [0.2, 0.25) is 13.4 Å². The predicted octanol–water partition coefficient (Wildman–Crippen LogP) is 8.27. The third-order valence-electron chi connectivity index (χ3n) is 10.1. The van der Waals surface area contributed by atoms with Gasteiger partial charge < -0.3 is 35.6 Å². The Hall–Kier alpha value is -3.62. The Morgan fingerprint density at radius 1 is 0.817 bits per heavy atom. The summed E-state index contributed by atoms with van der Waals surface area (Å²) < 4.78 is 33.4. The number of nitrogens with zero attached hydrogens (tertiary/aromatic N) is 4. The molecule has 1 saturated carbocycles. The SMILES string of the molecule is CCCCCCCCOC(=O)[C@H](CC)NP(=O)(COCCn1cnc2c(NC3CC3)nc(N)nc21)N[C@@H](CC)C(=O)OCCCCCCCC.C[C@@H](N)Cc1ccccc1. The Labute approximate surface area is 359 Å². The van der Waals surface area contributed by atoms with Crippen LogP contribution in [0.15, 0.2) is 36.7 Å². The second-order valence-corrected chi connectivity index (χ2v) is 18.2. The number of rotatable bonds is 31. The van der Waals surface area contributed by atoms with Gasteiger partial charge in [-0.15, -0.1) is 0 Å². The van der Waals surface area contributed by atoms with Crippen molar-refractivity contribution in [1.82, 2.24) is 29.7 Å². The number of nitrogen functional groups attached to an aromatic ring is 1. The zero-order valence-corrected chi connectivity index (χ0v) is 38.1. The third-order valence-corrected chi connectivity index (χ3v) is 12.2. The van der Waals surface area contributed by atoms with Gasteiger partial charge in [-0.1, -0.05) is 122 Å². The lowest BCUT2D eigenvalue weighted by Gasteiger charge is -2.28. The summed E-state index contributed by atoms with van der Waals surface area (Å²) >= 11 is 0. The van der Waals surface area contributed by atoms with Crippen LogP contribution in [0.25, 0.3) is 11.2 Å². The molecule has 0 amide bonds. The average Bonchev–Trinajstić information content (AvgIpc) is 3.96. The number of fused-ring (bicyclic) bond motifs is 1. The zero-order valence-electron chi connectivity index (χ0n) is 37.2. The number of nitrogens with two attached hydrogens (primary N) is 2. The first-order valence-corrected chi connectivity index (χ1v) is 24.5. The Balaban J connectivity index is 0.000000837. The van der Waals surface area contributed by atoms with Crippen molar-refractivity contribution < 1.29 is 28.4 Å². The Morgan fingerprint density at radius 2 is 1.37 bits per heavy atom. The maximum absolute atomic E-state index is 14.5. The summed E-state index contributed by atoms with van der Waals surface area (Å²) in [4.78, 5) is 39.3. The van der Waals surface area contributed by atoms with E-state index in [4.69, 9.17) is 25.7 Å². The van der Waals surface area contributed by atoms with Crippen LogP contribution in [-0.4, -0.2) is 81.8 Å². The van der Waals surface area contributed by atoms with Crippen LogP contribution in [0, 0.1) is 0 Å². The molecule has 60 heavy (non-hydrogen) atoms.